The lowest BCUT2D eigenvalue weighted by Gasteiger charge is -2.32. The molecular formula is C36H53N7O7. The van der Waals surface area contributed by atoms with Gasteiger partial charge < -0.3 is 46.8 Å². The molecule has 5 rings (SSSR count). The molecule has 0 bridgehead atoms. The van der Waals surface area contributed by atoms with Crippen molar-refractivity contribution in [3.63, 3.8) is 0 Å². The molecule has 5 atom stereocenters. The van der Waals surface area contributed by atoms with Gasteiger partial charge in [-0.1, -0.05) is 12.1 Å². The van der Waals surface area contributed by atoms with Crippen molar-refractivity contribution in [1.82, 2.24) is 14.9 Å². The molecule has 3 aliphatic rings. The fraction of sp³-hybridized carbons (Fsp3) is 0.583. The summed E-state index contributed by atoms with van der Waals surface area (Å²) in [7, 11) is 0. The van der Waals surface area contributed by atoms with Gasteiger partial charge in [-0.15, -0.1) is 0 Å². The van der Waals surface area contributed by atoms with Gasteiger partial charge in [-0.05, 0) is 115 Å². The second-order valence-corrected chi connectivity index (χ2v) is 15.5. The number of carbonyl (C=O) groups excluding carboxylic acids is 3. The molecule has 0 radical (unpaired) electrons. The predicted molar refractivity (Wildman–Crippen MR) is 190 cm³/mol. The number of likely N-dealkylation sites (tertiary alicyclic amines) is 2. The lowest BCUT2D eigenvalue weighted by molar-refractivity contribution is -0.137. The van der Waals surface area contributed by atoms with Crippen molar-refractivity contribution in [2.45, 2.75) is 122 Å². The Morgan fingerprint density at radius 3 is 1.82 bits per heavy atom. The molecule has 3 heterocycles. The van der Waals surface area contributed by atoms with Gasteiger partial charge in [-0.25, -0.2) is 9.59 Å². The Kier molecular flexibility index (Phi) is 10.8. The molecule has 3 saturated heterocycles. The fourth-order valence-corrected chi connectivity index (χ4v) is 6.98. The molecule has 8 N–H and O–H groups in total. The summed E-state index contributed by atoms with van der Waals surface area (Å²) < 4.78 is 11.0. The van der Waals surface area contributed by atoms with Gasteiger partial charge in [0.2, 0.25) is 5.91 Å². The Labute approximate surface area is 294 Å². The first-order valence-electron chi connectivity index (χ1n) is 17.4. The highest BCUT2D eigenvalue weighted by Gasteiger charge is 2.39. The maximum absolute atomic E-state index is 13.2. The zero-order valence-corrected chi connectivity index (χ0v) is 29.9. The van der Waals surface area contributed by atoms with E-state index in [1.807, 2.05) is 32.9 Å². The first-order chi connectivity index (χ1) is 23.4. The highest BCUT2D eigenvalue weighted by molar-refractivity contribution is 5.99. The molecule has 2 aromatic rings. The molecule has 3 amide bonds. The summed E-state index contributed by atoms with van der Waals surface area (Å²) in [6.45, 7) is 11.7. The summed E-state index contributed by atoms with van der Waals surface area (Å²) in [5, 5.41) is 29.6. The molecular weight excluding hydrogens is 642 g/mol. The molecule has 0 saturated carbocycles. The smallest absolute Gasteiger partial charge is 0.410 e. The highest BCUT2D eigenvalue weighted by atomic mass is 16.6. The minimum Gasteiger partial charge on any atom is -0.444 e. The van der Waals surface area contributed by atoms with Gasteiger partial charge in [0.1, 0.15) is 23.5 Å². The largest absolute Gasteiger partial charge is 0.444 e. The lowest BCUT2D eigenvalue weighted by atomic mass is 10.0. The zero-order valence-electron chi connectivity index (χ0n) is 29.9. The summed E-state index contributed by atoms with van der Waals surface area (Å²) >= 11 is 0. The molecule has 0 aromatic heterocycles. The van der Waals surface area contributed by atoms with Gasteiger partial charge in [0.15, 0.2) is 0 Å². The molecule has 0 spiro atoms. The van der Waals surface area contributed by atoms with E-state index >= 15 is 0 Å². The third-order valence-electron chi connectivity index (χ3n) is 9.31. The molecule has 14 heteroatoms. The van der Waals surface area contributed by atoms with E-state index in [9.17, 15) is 24.7 Å². The number of hydrogen-bond donors (Lipinski definition) is 6. The van der Waals surface area contributed by atoms with Crippen LogP contribution in [0.15, 0.2) is 36.4 Å². The van der Waals surface area contributed by atoms with Crippen molar-refractivity contribution >= 4 is 40.8 Å². The number of aliphatic hydroxyl groups is 1. The Balaban J connectivity index is 1.20. The standard InChI is InChI=1S/C36H53N7O7/c1-35(2,3)49-33(46)41-17-7-9-29(41)31(44)39-25-13-11-21(19-23(25)37)27-15-16-28(43(27)48)22-12-14-26(24(38)20-22)40-32(45)30-10-8-18-42(30)34(47)50-36(4,5)6/h11-14,19-20,27-31,39,44,48H,7-10,15-18,37-38H2,1-6H3,(H,40,45). The van der Waals surface area contributed by atoms with Crippen molar-refractivity contribution in [2.24, 2.45) is 0 Å². The van der Waals surface area contributed by atoms with E-state index in [0.29, 0.717) is 67.9 Å². The van der Waals surface area contributed by atoms with Crippen LogP contribution < -0.4 is 22.1 Å². The quantitative estimate of drug-likeness (QED) is 0.156. The van der Waals surface area contributed by atoms with Crippen LogP contribution in [0.2, 0.25) is 0 Å². The molecule has 274 valence electrons. The number of nitrogens with one attached hydrogen (secondary N) is 2. The highest BCUT2D eigenvalue weighted by Crippen LogP contribution is 2.44. The van der Waals surface area contributed by atoms with Gasteiger partial charge in [-0.3, -0.25) is 9.69 Å². The third kappa shape index (κ3) is 8.53. The van der Waals surface area contributed by atoms with Gasteiger partial charge in [-0.2, -0.15) is 5.06 Å². The molecule has 2 aromatic carbocycles. The summed E-state index contributed by atoms with van der Waals surface area (Å²) in [4.78, 5) is 41.6. The van der Waals surface area contributed by atoms with Gasteiger partial charge in [0, 0.05) is 13.1 Å². The van der Waals surface area contributed by atoms with Crippen molar-refractivity contribution in [1.29, 1.82) is 0 Å². The number of nitrogen functional groups attached to an aromatic ring is 2. The Bertz CT molecular complexity index is 1570. The van der Waals surface area contributed by atoms with Crippen LogP contribution in [0.1, 0.15) is 103 Å². The Morgan fingerprint density at radius 1 is 0.780 bits per heavy atom. The van der Waals surface area contributed by atoms with E-state index in [4.69, 9.17) is 20.9 Å². The fourth-order valence-electron chi connectivity index (χ4n) is 6.98. The van der Waals surface area contributed by atoms with E-state index < -0.39 is 41.7 Å². The minimum absolute atomic E-state index is 0.329. The second-order valence-electron chi connectivity index (χ2n) is 15.5. The zero-order chi connectivity index (χ0) is 36.5. The van der Waals surface area contributed by atoms with Gasteiger partial charge in [0.25, 0.3) is 0 Å². The van der Waals surface area contributed by atoms with Crippen LogP contribution in [0.25, 0.3) is 0 Å². The lowest BCUT2D eigenvalue weighted by Crippen LogP contribution is -2.47. The van der Waals surface area contributed by atoms with Crippen LogP contribution in [0, 0.1) is 0 Å². The van der Waals surface area contributed by atoms with E-state index in [1.54, 1.807) is 49.9 Å². The van der Waals surface area contributed by atoms with Gasteiger partial charge >= 0.3 is 12.2 Å². The monoisotopic (exact) mass is 695 g/mol. The van der Waals surface area contributed by atoms with Crippen LogP contribution in [0.4, 0.5) is 32.3 Å². The van der Waals surface area contributed by atoms with E-state index in [0.717, 1.165) is 17.5 Å². The van der Waals surface area contributed by atoms with E-state index in [-0.39, 0.29) is 18.0 Å². The number of anilines is 4. The average molecular weight is 696 g/mol. The van der Waals surface area contributed by atoms with Crippen LogP contribution in [0.5, 0.6) is 0 Å². The van der Waals surface area contributed by atoms with E-state index in [1.165, 1.54) is 9.96 Å². The second kappa shape index (κ2) is 14.5. The molecule has 3 fully saturated rings. The van der Waals surface area contributed by atoms with Crippen molar-refractivity contribution in [3.8, 4) is 0 Å². The molecule has 0 aliphatic carbocycles. The van der Waals surface area contributed by atoms with Crippen molar-refractivity contribution < 1.29 is 34.2 Å². The number of aliphatic hydroxyl groups excluding tert-OH is 1. The summed E-state index contributed by atoms with van der Waals surface area (Å²) in [6.07, 6.45) is 1.89. The predicted octanol–water partition coefficient (Wildman–Crippen LogP) is 5.59. The molecule has 50 heavy (non-hydrogen) atoms. The minimum atomic E-state index is -1.05. The number of hydroxylamine groups is 2. The maximum Gasteiger partial charge on any atom is 0.410 e. The first-order valence-corrected chi connectivity index (χ1v) is 17.4. The number of benzene rings is 2. The molecule has 3 aliphatic heterocycles. The number of nitrogens with zero attached hydrogens (tertiary/aromatic N) is 3. The number of amides is 3. The summed E-state index contributed by atoms with van der Waals surface area (Å²) in [5.41, 5.74) is 14.8. The molecule has 5 unspecified atom stereocenters. The number of rotatable bonds is 7. The maximum atomic E-state index is 13.2. The third-order valence-corrected chi connectivity index (χ3v) is 9.31. The van der Waals surface area contributed by atoms with Crippen LogP contribution in [0.3, 0.4) is 0 Å². The normalized spacial score (nSPS) is 23.5. The average Bonchev–Trinajstić information content (AvgIpc) is 3.78. The van der Waals surface area contributed by atoms with E-state index in [2.05, 4.69) is 10.6 Å². The van der Waals surface area contributed by atoms with Crippen LogP contribution in [-0.4, -0.2) is 85.9 Å². The van der Waals surface area contributed by atoms with Crippen molar-refractivity contribution in [2.75, 3.05) is 35.2 Å². The Morgan fingerprint density at radius 2 is 1.28 bits per heavy atom. The number of hydrogen-bond acceptors (Lipinski definition) is 11. The first kappa shape index (κ1) is 37.0. The number of carbonyl (C=O) groups is 3. The van der Waals surface area contributed by atoms with Gasteiger partial charge in [0.05, 0.1) is 40.9 Å². The van der Waals surface area contributed by atoms with Crippen LogP contribution >= 0.6 is 0 Å². The number of ether oxygens (including phenoxy) is 2. The SMILES string of the molecule is CC(C)(C)OC(=O)N1CCCC1C(=O)Nc1ccc(C2CCC(c3ccc(NC(O)C4CCCN4C(=O)OC(C)(C)C)c(N)c3)N2O)cc1N. The van der Waals surface area contributed by atoms with Crippen molar-refractivity contribution in [3.05, 3.63) is 47.5 Å². The van der Waals surface area contributed by atoms with Crippen LogP contribution in [-0.2, 0) is 14.3 Å². The summed E-state index contributed by atoms with van der Waals surface area (Å²) in [6, 6.07) is 8.91. The Hall–Kier alpha value is -4.27. The topological polar surface area (TPSA) is 196 Å². The summed E-state index contributed by atoms with van der Waals surface area (Å²) in [5.74, 6) is -0.329. The number of nitrogens with two attached hydrogens (primary N) is 2. The molecule has 14 nitrogen and oxygen atoms in total.